The van der Waals surface area contributed by atoms with Crippen LogP contribution in [0.25, 0.3) is 5.76 Å². The van der Waals surface area contributed by atoms with E-state index >= 15 is 0 Å². The molecule has 1 amide bonds. The third kappa shape index (κ3) is 7.36. The number of rotatable bonds is 15. The van der Waals surface area contributed by atoms with Crippen molar-refractivity contribution in [1.82, 2.24) is 9.80 Å². The predicted octanol–water partition coefficient (Wildman–Crippen LogP) is 5.67. The molecule has 0 aliphatic carbocycles. The third-order valence-electron chi connectivity index (χ3n) is 7.13. The summed E-state index contributed by atoms with van der Waals surface area (Å²) in [5, 5.41) is 11.5. The maximum absolute atomic E-state index is 13.5. The van der Waals surface area contributed by atoms with Crippen molar-refractivity contribution in [3.63, 3.8) is 0 Å². The van der Waals surface area contributed by atoms with E-state index in [4.69, 9.17) is 14.2 Å². The molecule has 2 aromatic carbocycles. The summed E-state index contributed by atoms with van der Waals surface area (Å²) < 4.78 is 17.3. The Morgan fingerprint density at radius 2 is 1.75 bits per heavy atom. The zero-order chi connectivity index (χ0) is 29.2. The Kier molecular flexibility index (Phi) is 11.4. The number of hydrogen-bond acceptors (Lipinski definition) is 7. The van der Waals surface area contributed by atoms with Crippen LogP contribution in [0.2, 0.25) is 0 Å². The van der Waals surface area contributed by atoms with Crippen molar-refractivity contribution >= 4 is 17.4 Å². The standard InChI is InChI=1S/C32H44N2O6/c1-7-18-39-25-12-10-11-24(20-25)30(35)28-29(34(32(37)31(28)36)17-16-33(8-2)9-3)23-13-14-26(27(21-23)38-6)40-19-15-22(4)5/h10-14,20-22,29,35H,7-9,15-19H2,1-6H3/b30-28+. The fourth-order valence-electron chi connectivity index (χ4n) is 4.73. The molecule has 218 valence electrons. The van der Waals surface area contributed by atoms with Crippen LogP contribution in [0.15, 0.2) is 48.0 Å². The second kappa shape index (κ2) is 14.7. The highest BCUT2D eigenvalue weighted by atomic mass is 16.5. The molecule has 1 fully saturated rings. The Balaban J connectivity index is 2.08. The van der Waals surface area contributed by atoms with Gasteiger partial charge in [-0.25, -0.2) is 0 Å². The Labute approximate surface area is 238 Å². The summed E-state index contributed by atoms with van der Waals surface area (Å²) in [7, 11) is 1.56. The number of nitrogens with zero attached hydrogens (tertiary/aromatic N) is 2. The second-order valence-corrected chi connectivity index (χ2v) is 10.3. The molecule has 1 heterocycles. The van der Waals surface area contributed by atoms with Gasteiger partial charge in [0, 0.05) is 18.7 Å². The topological polar surface area (TPSA) is 88.5 Å². The highest BCUT2D eigenvalue weighted by Gasteiger charge is 2.46. The minimum absolute atomic E-state index is 0.0488. The molecule has 1 aliphatic heterocycles. The number of likely N-dealkylation sites (N-methyl/N-ethyl adjacent to an activating group) is 1. The number of aliphatic hydroxyl groups excluding tert-OH is 1. The van der Waals surface area contributed by atoms with Crippen LogP contribution in [0.5, 0.6) is 17.2 Å². The zero-order valence-electron chi connectivity index (χ0n) is 24.7. The number of benzene rings is 2. The van der Waals surface area contributed by atoms with Gasteiger partial charge < -0.3 is 29.1 Å². The highest BCUT2D eigenvalue weighted by molar-refractivity contribution is 6.46. The van der Waals surface area contributed by atoms with Gasteiger partial charge in [0.15, 0.2) is 11.5 Å². The number of hydrogen-bond donors (Lipinski definition) is 1. The second-order valence-electron chi connectivity index (χ2n) is 10.3. The molecule has 0 radical (unpaired) electrons. The molecule has 8 nitrogen and oxygen atoms in total. The number of likely N-dealkylation sites (tertiary alicyclic amines) is 1. The van der Waals surface area contributed by atoms with E-state index in [0.29, 0.717) is 60.6 Å². The summed E-state index contributed by atoms with van der Waals surface area (Å²) in [5.41, 5.74) is 1.13. The van der Waals surface area contributed by atoms with Crippen LogP contribution in [-0.2, 0) is 9.59 Å². The maximum Gasteiger partial charge on any atom is 0.295 e. The van der Waals surface area contributed by atoms with Gasteiger partial charge in [0.1, 0.15) is 11.5 Å². The smallest absolute Gasteiger partial charge is 0.295 e. The number of ketones is 1. The number of methoxy groups -OCH3 is 1. The molecular weight excluding hydrogens is 508 g/mol. The van der Waals surface area contributed by atoms with Gasteiger partial charge in [-0.3, -0.25) is 9.59 Å². The molecule has 3 rings (SSSR count). The van der Waals surface area contributed by atoms with Crippen LogP contribution in [0.3, 0.4) is 0 Å². The molecule has 1 N–H and O–H groups in total. The molecule has 8 heteroatoms. The van der Waals surface area contributed by atoms with E-state index in [1.54, 1.807) is 48.4 Å². The van der Waals surface area contributed by atoms with Gasteiger partial charge >= 0.3 is 0 Å². The zero-order valence-corrected chi connectivity index (χ0v) is 24.7. The summed E-state index contributed by atoms with van der Waals surface area (Å²) >= 11 is 0. The highest BCUT2D eigenvalue weighted by Crippen LogP contribution is 2.42. The van der Waals surface area contributed by atoms with Gasteiger partial charge in [0.05, 0.1) is 31.9 Å². The van der Waals surface area contributed by atoms with Gasteiger partial charge in [-0.1, -0.05) is 52.8 Å². The molecule has 1 atom stereocenters. The fourth-order valence-corrected chi connectivity index (χ4v) is 4.73. The van der Waals surface area contributed by atoms with E-state index in [2.05, 4.69) is 32.6 Å². The van der Waals surface area contributed by atoms with Crippen molar-refractivity contribution < 1.29 is 28.9 Å². The van der Waals surface area contributed by atoms with Crippen molar-refractivity contribution in [1.29, 1.82) is 0 Å². The monoisotopic (exact) mass is 552 g/mol. The summed E-state index contributed by atoms with van der Waals surface area (Å²) in [6.45, 7) is 14.1. The SMILES string of the molecule is CCCOc1cccc(/C(O)=C2\C(=O)C(=O)N(CCN(CC)CC)C2c2ccc(OCCC(C)C)c(OC)c2)c1. The molecule has 2 aromatic rings. The summed E-state index contributed by atoms with van der Waals surface area (Å²) in [5.74, 6) is 0.612. The number of carbonyl (C=O) groups excluding carboxylic acids is 2. The van der Waals surface area contributed by atoms with Crippen molar-refractivity contribution in [2.75, 3.05) is 46.5 Å². The largest absolute Gasteiger partial charge is 0.507 e. The predicted molar refractivity (Wildman–Crippen MR) is 157 cm³/mol. The quantitative estimate of drug-likeness (QED) is 0.173. The lowest BCUT2D eigenvalue weighted by molar-refractivity contribution is -0.140. The maximum atomic E-state index is 13.5. The first-order valence-corrected chi connectivity index (χ1v) is 14.3. The molecule has 40 heavy (non-hydrogen) atoms. The lowest BCUT2D eigenvalue weighted by atomic mass is 9.95. The van der Waals surface area contributed by atoms with Gasteiger partial charge in [0.2, 0.25) is 0 Å². The first-order chi connectivity index (χ1) is 19.2. The average molecular weight is 553 g/mol. The Hall–Kier alpha value is -3.52. The molecule has 1 unspecified atom stereocenters. The lowest BCUT2D eigenvalue weighted by Gasteiger charge is -2.28. The van der Waals surface area contributed by atoms with E-state index in [0.717, 1.165) is 25.9 Å². The van der Waals surface area contributed by atoms with E-state index in [1.807, 2.05) is 13.0 Å². The lowest BCUT2D eigenvalue weighted by Crippen LogP contribution is -2.38. The van der Waals surface area contributed by atoms with Crippen molar-refractivity contribution in [2.24, 2.45) is 5.92 Å². The normalized spacial score (nSPS) is 16.7. The Bertz CT molecular complexity index is 1190. The van der Waals surface area contributed by atoms with Crippen molar-refractivity contribution in [2.45, 2.75) is 53.5 Å². The molecule has 1 saturated heterocycles. The van der Waals surface area contributed by atoms with Gasteiger partial charge in [-0.15, -0.1) is 0 Å². The molecular formula is C32H44N2O6. The van der Waals surface area contributed by atoms with E-state index in [1.165, 1.54) is 0 Å². The third-order valence-corrected chi connectivity index (χ3v) is 7.13. The van der Waals surface area contributed by atoms with Crippen LogP contribution in [-0.4, -0.2) is 73.1 Å². The Morgan fingerprint density at radius 3 is 2.40 bits per heavy atom. The van der Waals surface area contributed by atoms with Gasteiger partial charge in [0.25, 0.3) is 11.7 Å². The van der Waals surface area contributed by atoms with Crippen molar-refractivity contribution in [3.8, 4) is 17.2 Å². The van der Waals surface area contributed by atoms with Crippen LogP contribution in [0.4, 0.5) is 0 Å². The van der Waals surface area contributed by atoms with Gasteiger partial charge in [-0.2, -0.15) is 0 Å². The molecule has 0 saturated carbocycles. The Morgan fingerprint density at radius 1 is 1.00 bits per heavy atom. The van der Waals surface area contributed by atoms with Crippen LogP contribution in [0.1, 0.15) is 64.6 Å². The van der Waals surface area contributed by atoms with Crippen LogP contribution >= 0.6 is 0 Å². The number of aliphatic hydroxyl groups is 1. The summed E-state index contributed by atoms with van der Waals surface area (Å²) in [4.78, 5) is 30.6. The van der Waals surface area contributed by atoms with Gasteiger partial charge in [-0.05, 0) is 61.7 Å². The van der Waals surface area contributed by atoms with Crippen molar-refractivity contribution in [3.05, 3.63) is 59.2 Å². The number of ether oxygens (including phenoxy) is 3. The minimum Gasteiger partial charge on any atom is -0.507 e. The first kappa shape index (κ1) is 31.0. The summed E-state index contributed by atoms with van der Waals surface area (Å²) in [6, 6.07) is 11.6. The number of carbonyl (C=O) groups is 2. The molecule has 0 bridgehead atoms. The van der Waals surface area contributed by atoms with Crippen LogP contribution in [0, 0.1) is 5.92 Å². The summed E-state index contributed by atoms with van der Waals surface area (Å²) in [6.07, 6.45) is 1.74. The fraction of sp³-hybridized carbons (Fsp3) is 0.500. The van der Waals surface area contributed by atoms with E-state index < -0.39 is 17.7 Å². The minimum atomic E-state index is -0.783. The molecule has 0 aromatic heterocycles. The first-order valence-electron chi connectivity index (χ1n) is 14.3. The number of Topliss-reactive ketones (excluding diaryl/α,β-unsaturated/α-hetero) is 1. The molecule has 1 aliphatic rings. The van der Waals surface area contributed by atoms with E-state index in [-0.39, 0.29) is 11.3 Å². The van der Waals surface area contributed by atoms with E-state index in [9.17, 15) is 14.7 Å². The molecule has 0 spiro atoms. The average Bonchev–Trinajstić information content (AvgIpc) is 3.21. The number of amides is 1. The van der Waals surface area contributed by atoms with Crippen LogP contribution < -0.4 is 14.2 Å².